The van der Waals surface area contributed by atoms with E-state index in [1.807, 2.05) is 0 Å². The molecule has 33 heavy (non-hydrogen) atoms. The molecule has 0 aliphatic carbocycles. The van der Waals surface area contributed by atoms with Crippen LogP contribution in [0, 0.1) is 5.82 Å². The third-order valence-electron chi connectivity index (χ3n) is 4.07. The molecule has 172 valence electrons. The number of carboxylic acid groups (broad SMARTS) is 1. The first-order chi connectivity index (χ1) is 15.7. The van der Waals surface area contributed by atoms with Gasteiger partial charge in [-0.25, -0.2) is 14.2 Å². The average molecular weight is 476 g/mol. The first-order valence-corrected chi connectivity index (χ1v) is 9.93. The monoisotopic (exact) mass is 475 g/mol. The Bertz CT molecular complexity index is 1140. The fourth-order valence-electron chi connectivity index (χ4n) is 2.69. The number of carbonyl (C=O) groups excluding carboxylic acids is 1. The van der Waals surface area contributed by atoms with Gasteiger partial charge < -0.3 is 24.6 Å². The molecule has 0 aliphatic heterocycles. The van der Waals surface area contributed by atoms with Crippen LogP contribution >= 0.6 is 11.6 Å². The standard InChI is InChI=1S/C22H19ClFN3O6/c1-12(11-31-2)32-19-5-14(21(28)26-18-4-3-13(10-25-18)22(29)30)6-20(27-19)33-17-8-15(23)7-16(24)9-17/h3-10,12H,11H2,1-2H3,(H,29,30)(H,25,26,28). The third-order valence-corrected chi connectivity index (χ3v) is 4.29. The van der Waals surface area contributed by atoms with Crippen LogP contribution in [0.5, 0.6) is 17.5 Å². The molecule has 0 fully saturated rings. The van der Waals surface area contributed by atoms with Gasteiger partial charge in [-0.2, -0.15) is 4.98 Å². The largest absolute Gasteiger partial charge is 0.478 e. The van der Waals surface area contributed by atoms with Crippen LogP contribution in [-0.4, -0.2) is 46.8 Å². The Hall–Kier alpha value is -3.76. The number of aromatic carboxylic acids is 1. The minimum Gasteiger partial charge on any atom is -0.478 e. The van der Waals surface area contributed by atoms with Gasteiger partial charge in [0.05, 0.1) is 17.7 Å². The lowest BCUT2D eigenvalue weighted by Gasteiger charge is -2.15. The molecule has 1 amide bonds. The highest BCUT2D eigenvalue weighted by Gasteiger charge is 2.16. The number of hydrogen-bond acceptors (Lipinski definition) is 7. The maximum absolute atomic E-state index is 13.7. The summed E-state index contributed by atoms with van der Waals surface area (Å²) in [5, 5.41) is 11.6. The number of ether oxygens (including phenoxy) is 3. The van der Waals surface area contributed by atoms with E-state index in [0.717, 1.165) is 18.3 Å². The lowest BCUT2D eigenvalue weighted by atomic mass is 10.2. The Labute approximate surface area is 193 Å². The fourth-order valence-corrected chi connectivity index (χ4v) is 2.90. The van der Waals surface area contributed by atoms with Crippen LogP contribution in [0.4, 0.5) is 10.2 Å². The number of nitrogens with zero attached hydrogens (tertiary/aromatic N) is 2. The minimum absolute atomic E-state index is 0.0239. The number of rotatable bonds is 9. The van der Waals surface area contributed by atoms with E-state index in [-0.39, 0.29) is 52.2 Å². The summed E-state index contributed by atoms with van der Waals surface area (Å²) in [7, 11) is 1.52. The summed E-state index contributed by atoms with van der Waals surface area (Å²) in [6.45, 7) is 2.02. The number of methoxy groups -OCH3 is 1. The van der Waals surface area contributed by atoms with Crippen molar-refractivity contribution in [1.29, 1.82) is 0 Å². The average Bonchev–Trinajstić information content (AvgIpc) is 2.73. The Morgan fingerprint density at radius 3 is 2.55 bits per heavy atom. The van der Waals surface area contributed by atoms with Crippen molar-refractivity contribution in [2.45, 2.75) is 13.0 Å². The van der Waals surface area contributed by atoms with Gasteiger partial charge in [-0.05, 0) is 31.2 Å². The number of aromatic nitrogens is 2. The Kier molecular flexibility index (Phi) is 7.75. The molecule has 0 bridgehead atoms. The smallest absolute Gasteiger partial charge is 0.337 e. The van der Waals surface area contributed by atoms with Gasteiger partial charge in [0.15, 0.2) is 0 Å². The van der Waals surface area contributed by atoms with Gasteiger partial charge in [0.25, 0.3) is 5.91 Å². The molecule has 1 aromatic carbocycles. The second kappa shape index (κ2) is 10.7. The van der Waals surface area contributed by atoms with Crippen LogP contribution < -0.4 is 14.8 Å². The zero-order valence-corrected chi connectivity index (χ0v) is 18.3. The number of halogens is 2. The number of pyridine rings is 2. The van der Waals surface area contributed by atoms with E-state index in [4.69, 9.17) is 30.9 Å². The van der Waals surface area contributed by atoms with E-state index in [2.05, 4.69) is 15.3 Å². The van der Waals surface area contributed by atoms with Crippen molar-refractivity contribution in [3.05, 3.63) is 70.6 Å². The van der Waals surface area contributed by atoms with Crippen LogP contribution in [0.2, 0.25) is 5.02 Å². The SMILES string of the molecule is COCC(C)Oc1cc(C(=O)Nc2ccc(C(=O)O)cn2)cc(Oc2cc(F)cc(Cl)c2)n1. The Morgan fingerprint density at radius 2 is 1.91 bits per heavy atom. The van der Waals surface area contributed by atoms with Crippen molar-refractivity contribution in [2.24, 2.45) is 0 Å². The van der Waals surface area contributed by atoms with E-state index in [1.165, 1.54) is 37.4 Å². The molecule has 9 nitrogen and oxygen atoms in total. The fraction of sp³-hybridized carbons (Fsp3) is 0.182. The number of carboxylic acids is 1. The van der Waals surface area contributed by atoms with E-state index < -0.39 is 17.7 Å². The summed E-state index contributed by atoms with van der Waals surface area (Å²) in [6, 6.07) is 9.00. The van der Waals surface area contributed by atoms with Gasteiger partial charge in [-0.15, -0.1) is 0 Å². The van der Waals surface area contributed by atoms with Gasteiger partial charge >= 0.3 is 5.97 Å². The number of hydrogen-bond donors (Lipinski definition) is 2. The molecular weight excluding hydrogens is 457 g/mol. The highest BCUT2D eigenvalue weighted by atomic mass is 35.5. The predicted molar refractivity (Wildman–Crippen MR) is 117 cm³/mol. The minimum atomic E-state index is -1.14. The summed E-state index contributed by atoms with van der Waals surface area (Å²) < 4.78 is 30.0. The van der Waals surface area contributed by atoms with E-state index in [1.54, 1.807) is 6.92 Å². The quantitative estimate of drug-likeness (QED) is 0.466. The number of nitrogens with one attached hydrogen (secondary N) is 1. The lowest BCUT2D eigenvalue weighted by molar-refractivity contribution is 0.0696. The second-order valence-corrected chi connectivity index (χ2v) is 7.25. The summed E-state index contributed by atoms with van der Waals surface area (Å²) >= 11 is 5.87. The molecule has 0 saturated carbocycles. The van der Waals surface area contributed by atoms with Crippen LogP contribution in [0.25, 0.3) is 0 Å². The van der Waals surface area contributed by atoms with E-state index in [0.29, 0.717) is 0 Å². The molecule has 11 heteroatoms. The molecule has 0 aliphatic rings. The number of amides is 1. The summed E-state index contributed by atoms with van der Waals surface area (Å²) in [5.41, 5.74) is 0.0791. The van der Waals surface area contributed by atoms with Crippen LogP contribution in [0.3, 0.4) is 0 Å². The molecule has 0 radical (unpaired) electrons. The molecule has 0 spiro atoms. The third kappa shape index (κ3) is 6.86. The van der Waals surface area contributed by atoms with Crippen molar-refractivity contribution in [1.82, 2.24) is 9.97 Å². The predicted octanol–water partition coefficient (Wildman–Crippen LogP) is 4.43. The normalized spacial score (nSPS) is 11.5. The molecule has 3 rings (SSSR count). The van der Waals surface area contributed by atoms with Crippen molar-refractivity contribution in [3.8, 4) is 17.5 Å². The maximum Gasteiger partial charge on any atom is 0.337 e. The molecule has 1 unspecified atom stereocenters. The first kappa shape index (κ1) is 23.9. The molecule has 2 heterocycles. The maximum atomic E-state index is 13.7. The lowest BCUT2D eigenvalue weighted by Crippen LogP contribution is -2.19. The van der Waals surface area contributed by atoms with Crippen LogP contribution in [0.1, 0.15) is 27.6 Å². The second-order valence-electron chi connectivity index (χ2n) is 6.81. The van der Waals surface area contributed by atoms with Crippen molar-refractivity contribution >= 4 is 29.3 Å². The van der Waals surface area contributed by atoms with Gasteiger partial charge in [0, 0.05) is 36.5 Å². The van der Waals surface area contributed by atoms with Crippen molar-refractivity contribution in [3.63, 3.8) is 0 Å². The zero-order valence-electron chi connectivity index (χ0n) is 17.5. The van der Waals surface area contributed by atoms with Crippen LogP contribution in [0.15, 0.2) is 48.7 Å². The first-order valence-electron chi connectivity index (χ1n) is 9.56. The Balaban J connectivity index is 1.88. The van der Waals surface area contributed by atoms with E-state index >= 15 is 0 Å². The molecule has 2 N–H and O–H groups in total. The molecule has 1 atom stereocenters. The van der Waals surface area contributed by atoms with E-state index in [9.17, 15) is 14.0 Å². The summed E-state index contributed by atoms with van der Waals surface area (Å²) in [6.07, 6.45) is 0.732. The van der Waals surface area contributed by atoms with Gasteiger partial charge in [0.2, 0.25) is 11.8 Å². The van der Waals surface area contributed by atoms with Crippen molar-refractivity contribution < 1.29 is 33.3 Å². The number of anilines is 1. The highest BCUT2D eigenvalue weighted by molar-refractivity contribution is 6.30. The highest BCUT2D eigenvalue weighted by Crippen LogP contribution is 2.27. The summed E-state index contributed by atoms with van der Waals surface area (Å²) in [5.74, 6) is -2.09. The van der Waals surface area contributed by atoms with Crippen molar-refractivity contribution in [2.75, 3.05) is 19.0 Å². The number of benzene rings is 1. The Morgan fingerprint density at radius 1 is 1.15 bits per heavy atom. The topological polar surface area (TPSA) is 120 Å². The van der Waals surface area contributed by atoms with Crippen LogP contribution in [-0.2, 0) is 4.74 Å². The molecular formula is C22H19ClFN3O6. The number of carbonyl (C=O) groups is 2. The van der Waals surface area contributed by atoms with Gasteiger partial charge in [-0.3, -0.25) is 4.79 Å². The summed E-state index contributed by atoms with van der Waals surface area (Å²) in [4.78, 5) is 31.9. The van der Waals surface area contributed by atoms with Gasteiger partial charge in [0.1, 0.15) is 23.5 Å². The van der Waals surface area contributed by atoms with Gasteiger partial charge in [-0.1, -0.05) is 11.6 Å². The molecule has 0 saturated heterocycles. The molecule has 3 aromatic rings. The molecule has 2 aromatic heterocycles. The zero-order chi connectivity index (χ0) is 24.0.